The van der Waals surface area contributed by atoms with Crippen molar-refractivity contribution >= 4 is 22.7 Å². The Hall–Kier alpha value is -2.50. The average molecular weight is 331 g/mol. The number of aromatic hydroxyl groups is 1. The highest BCUT2D eigenvalue weighted by Crippen LogP contribution is 2.28. The zero-order valence-corrected chi connectivity index (χ0v) is 14.9. The number of rotatable bonds is 5. The van der Waals surface area contributed by atoms with Crippen LogP contribution in [0.4, 0.5) is 0 Å². The van der Waals surface area contributed by atoms with E-state index in [4.69, 9.17) is 0 Å². The van der Waals surface area contributed by atoms with Crippen LogP contribution in [-0.2, 0) is 11.8 Å². The molecule has 0 aliphatic carbocycles. The van der Waals surface area contributed by atoms with Crippen molar-refractivity contribution in [3.63, 3.8) is 0 Å². The molecule has 0 bridgehead atoms. The molecule has 2 aromatic rings. The largest absolute Gasteiger partial charge is 0.508 e. The van der Waals surface area contributed by atoms with Gasteiger partial charge in [0.15, 0.2) is 0 Å². The Bertz CT molecular complexity index is 790. The number of phenolic OH excluding ortho intramolecular Hbond substituents is 1. The third-order valence-electron chi connectivity index (χ3n) is 4.41. The van der Waals surface area contributed by atoms with Crippen LogP contribution >= 0.6 is 0 Å². The summed E-state index contributed by atoms with van der Waals surface area (Å²) in [7, 11) is 3.49. The molecule has 6 nitrogen and oxygen atoms in total. The number of hydrogen-bond donors (Lipinski definition) is 3. The van der Waals surface area contributed by atoms with Gasteiger partial charge in [0, 0.05) is 42.7 Å². The van der Waals surface area contributed by atoms with E-state index >= 15 is 0 Å². The van der Waals surface area contributed by atoms with Crippen LogP contribution in [0, 0.1) is 6.92 Å². The van der Waals surface area contributed by atoms with Crippen molar-refractivity contribution in [2.24, 2.45) is 7.05 Å². The number of nitrogens with zero attached hydrogens (tertiary/aromatic N) is 1. The molecular formula is C18H25N3O3. The van der Waals surface area contributed by atoms with E-state index in [1.54, 1.807) is 25.2 Å². The first-order valence-corrected chi connectivity index (χ1v) is 7.97. The fraction of sp³-hybridized carbons (Fsp3) is 0.444. The Morgan fingerprint density at radius 3 is 2.58 bits per heavy atom. The fourth-order valence-corrected chi connectivity index (χ4v) is 2.83. The standard InChI is InChI=1S/C18H25N3O3/c1-11-16(13-10-12(22)6-7-14(13)21(11)5)17(24)20-18(2,3)9-8-15(23)19-4/h6-7,10,22H,8-9H2,1-5H3,(H,19,23)(H,20,24). The molecular weight excluding hydrogens is 306 g/mol. The van der Waals surface area contributed by atoms with Crippen molar-refractivity contribution in [1.29, 1.82) is 0 Å². The van der Waals surface area contributed by atoms with Gasteiger partial charge < -0.3 is 20.3 Å². The van der Waals surface area contributed by atoms with Crippen LogP contribution in [0.5, 0.6) is 5.75 Å². The monoisotopic (exact) mass is 331 g/mol. The topological polar surface area (TPSA) is 83.4 Å². The summed E-state index contributed by atoms with van der Waals surface area (Å²) in [6, 6.07) is 5.01. The summed E-state index contributed by atoms with van der Waals surface area (Å²) in [4.78, 5) is 24.3. The van der Waals surface area contributed by atoms with Gasteiger partial charge in [-0.1, -0.05) is 0 Å². The van der Waals surface area contributed by atoms with Gasteiger partial charge in [0.1, 0.15) is 5.75 Å². The van der Waals surface area contributed by atoms with Gasteiger partial charge >= 0.3 is 0 Å². The molecule has 0 atom stereocenters. The molecule has 0 fully saturated rings. The lowest BCUT2D eigenvalue weighted by atomic mass is 9.97. The summed E-state index contributed by atoms with van der Waals surface area (Å²) < 4.78 is 1.93. The van der Waals surface area contributed by atoms with E-state index in [9.17, 15) is 14.7 Å². The Labute approximate surface area is 141 Å². The van der Waals surface area contributed by atoms with Crippen LogP contribution in [0.3, 0.4) is 0 Å². The highest BCUT2D eigenvalue weighted by Gasteiger charge is 2.25. The number of carbonyl (C=O) groups is 2. The lowest BCUT2D eigenvalue weighted by molar-refractivity contribution is -0.121. The molecule has 0 saturated heterocycles. The Balaban J connectivity index is 2.30. The number of aromatic nitrogens is 1. The second-order valence-corrected chi connectivity index (χ2v) is 6.73. The molecule has 3 N–H and O–H groups in total. The van der Waals surface area contributed by atoms with E-state index in [1.807, 2.05) is 32.4 Å². The summed E-state index contributed by atoms with van der Waals surface area (Å²) in [6.45, 7) is 5.67. The molecule has 0 unspecified atom stereocenters. The molecule has 1 aromatic carbocycles. The molecule has 1 aromatic heterocycles. The molecule has 1 heterocycles. The average Bonchev–Trinajstić information content (AvgIpc) is 2.75. The first-order chi connectivity index (χ1) is 11.2. The molecule has 0 spiro atoms. The number of carbonyl (C=O) groups excluding carboxylic acids is 2. The van der Waals surface area contributed by atoms with Crippen LogP contribution in [-0.4, -0.2) is 34.1 Å². The maximum absolute atomic E-state index is 12.8. The summed E-state index contributed by atoms with van der Waals surface area (Å²) in [5.74, 6) is -0.129. The van der Waals surface area contributed by atoms with Crippen molar-refractivity contribution in [3.05, 3.63) is 29.5 Å². The fourth-order valence-electron chi connectivity index (χ4n) is 2.83. The van der Waals surface area contributed by atoms with Gasteiger partial charge in [0.2, 0.25) is 5.91 Å². The third kappa shape index (κ3) is 3.53. The minimum atomic E-state index is -0.519. The van der Waals surface area contributed by atoms with Gasteiger partial charge in [-0.2, -0.15) is 0 Å². The van der Waals surface area contributed by atoms with Gasteiger partial charge in [0.25, 0.3) is 5.91 Å². The number of phenols is 1. The minimum absolute atomic E-state index is 0.0522. The first kappa shape index (κ1) is 17.8. The predicted octanol–water partition coefficient (Wildman–Crippen LogP) is 2.23. The number of amides is 2. The summed E-state index contributed by atoms with van der Waals surface area (Å²) >= 11 is 0. The lowest BCUT2D eigenvalue weighted by Gasteiger charge is -2.26. The number of aryl methyl sites for hydroxylation is 1. The smallest absolute Gasteiger partial charge is 0.254 e. The second-order valence-electron chi connectivity index (χ2n) is 6.73. The van der Waals surface area contributed by atoms with Gasteiger partial charge in [-0.3, -0.25) is 9.59 Å². The van der Waals surface area contributed by atoms with E-state index < -0.39 is 5.54 Å². The number of hydrogen-bond acceptors (Lipinski definition) is 3. The molecule has 0 aliphatic heterocycles. The maximum atomic E-state index is 12.8. The van der Waals surface area contributed by atoms with E-state index in [0.29, 0.717) is 18.4 Å². The zero-order valence-electron chi connectivity index (χ0n) is 14.9. The van der Waals surface area contributed by atoms with Gasteiger partial charge in [-0.05, 0) is 45.4 Å². The zero-order chi connectivity index (χ0) is 18.1. The quantitative estimate of drug-likeness (QED) is 0.785. The molecule has 0 radical (unpaired) electrons. The molecule has 6 heteroatoms. The van der Waals surface area contributed by atoms with Crippen molar-refractivity contribution in [1.82, 2.24) is 15.2 Å². The molecule has 2 amide bonds. The van der Waals surface area contributed by atoms with Crippen molar-refractivity contribution < 1.29 is 14.7 Å². The highest BCUT2D eigenvalue weighted by molar-refractivity contribution is 6.09. The van der Waals surface area contributed by atoms with Gasteiger partial charge in [-0.15, -0.1) is 0 Å². The van der Waals surface area contributed by atoms with Crippen LogP contribution < -0.4 is 10.6 Å². The lowest BCUT2D eigenvalue weighted by Crippen LogP contribution is -2.44. The Kier molecular flexibility index (Phi) is 4.87. The van der Waals surface area contributed by atoms with E-state index in [0.717, 1.165) is 16.6 Å². The molecule has 0 saturated carbocycles. The highest BCUT2D eigenvalue weighted by atomic mass is 16.3. The van der Waals surface area contributed by atoms with Crippen molar-refractivity contribution in [2.75, 3.05) is 7.05 Å². The summed E-state index contributed by atoms with van der Waals surface area (Å²) in [5.41, 5.74) is 1.75. The normalized spacial score (nSPS) is 11.5. The van der Waals surface area contributed by atoms with Crippen LogP contribution in [0.25, 0.3) is 10.9 Å². The molecule has 24 heavy (non-hydrogen) atoms. The van der Waals surface area contributed by atoms with Gasteiger partial charge in [0.05, 0.1) is 5.56 Å². The van der Waals surface area contributed by atoms with Gasteiger partial charge in [-0.25, -0.2) is 0 Å². The van der Waals surface area contributed by atoms with Crippen molar-refractivity contribution in [3.8, 4) is 5.75 Å². The SMILES string of the molecule is CNC(=O)CCC(C)(C)NC(=O)c1c(C)n(C)c2ccc(O)cc12. The predicted molar refractivity (Wildman–Crippen MR) is 94.2 cm³/mol. The summed E-state index contributed by atoms with van der Waals surface area (Å²) in [6.07, 6.45) is 0.882. The van der Waals surface area contributed by atoms with Crippen LogP contribution in [0.2, 0.25) is 0 Å². The van der Waals surface area contributed by atoms with Crippen LogP contribution in [0.15, 0.2) is 18.2 Å². The van der Waals surface area contributed by atoms with Crippen molar-refractivity contribution in [2.45, 2.75) is 39.2 Å². The first-order valence-electron chi connectivity index (χ1n) is 7.97. The number of nitrogens with one attached hydrogen (secondary N) is 2. The molecule has 0 aliphatic rings. The molecule has 130 valence electrons. The summed E-state index contributed by atoms with van der Waals surface area (Å²) in [5, 5.41) is 16.1. The third-order valence-corrected chi connectivity index (χ3v) is 4.41. The Morgan fingerprint density at radius 1 is 1.29 bits per heavy atom. The Morgan fingerprint density at radius 2 is 1.96 bits per heavy atom. The second kappa shape index (κ2) is 6.55. The molecule has 2 rings (SSSR count). The minimum Gasteiger partial charge on any atom is -0.508 e. The maximum Gasteiger partial charge on any atom is 0.254 e. The number of fused-ring (bicyclic) bond motifs is 1. The van der Waals surface area contributed by atoms with Crippen LogP contribution in [0.1, 0.15) is 42.7 Å². The van der Waals surface area contributed by atoms with E-state index in [1.165, 1.54) is 0 Å². The number of benzene rings is 1. The van der Waals surface area contributed by atoms with E-state index in [-0.39, 0.29) is 17.6 Å². The van der Waals surface area contributed by atoms with E-state index in [2.05, 4.69) is 10.6 Å².